The standard InChI is InChI=1S/C26H19N3O6S/c1-33-16-5-6-17-20(12-16)36-26(28-17)29-22(15-3-2-8-27-13-15)21(24(31)25(29)32)23(30)14-4-7-18-19(11-14)35-10-9-34-18/h2-8,11-13,22,30H,9-10H2,1H3/b23-21+/t22-/m0/s1. The minimum absolute atomic E-state index is 0.0542. The van der Waals surface area contributed by atoms with E-state index in [1.165, 1.54) is 16.2 Å². The number of aliphatic hydroxyl groups is 1. The van der Waals surface area contributed by atoms with Crippen molar-refractivity contribution in [1.29, 1.82) is 0 Å². The predicted octanol–water partition coefficient (Wildman–Crippen LogP) is 4.10. The molecule has 0 bridgehead atoms. The number of Topliss-reactive ketones (excluding diaryl/α,β-unsaturated/α-hetero) is 1. The van der Waals surface area contributed by atoms with E-state index in [1.54, 1.807) is 62.0 Å². The first-order valence-electron chi connectivity index (χ1n) is 11.1. The van der Waals surface area contributed by atoms with E-state index in [2.05, 4.69) is 9.97 Å². The smallest absolute Gasteiger partial charge is 0.301 e. The molecule has 6 rings (SSSR count). The quantitative estimate of drug-likeness (QED) is 0.253. The van der Waals surface area contributed by atoms with Gasteiger partial charge in [-0.15, -0.1) is 0 Å². The molecule has 36 heavy (non-hydrogen) atoms. The van der Waals surface area contributed by atoms with Crippen LogP contribution in [-0.4, -0.2) is 47.1 Å². The van der Waals surface area contributed by atoms with Crippen molar-refractivity contribution in [2.75, 3.05) is 25.2 Å². The molecule has 2 aliphatic heterocycles. The van der Waals surface area contributed by atoms with Crippen molar-refractivity contribution in [3.05, 3.63) is 77.6 Å². The second-order valence-electron chi connectivity index (χ2n) is 8.14. The molecule has 0 saturated carbocycles. The Morgan fingerprint density at radius 3 is 2.72 bits per heavy atom. The number of nitrogens with zero attached hydrogens (tertiary/aromatic N) is 3. The summed E-state index contributed by atoms with van der Waals surface area (Å²) in [5.74, 6) is -0.252. The van der Waals surface area contributed by atoms with Crippen LogP contribution in [0.2, 0.25) is 0 Å². The number of hydrogen-bond donors (Lipinski definition) is 1. The van der Waals surface area contributed by atoms with Gasteiger partial charge in [0, 0.05) is 18.0 Å². The highest BCUT2D eigenvalue weighted by atomic mass is 32.1. The first kappa shape index (κ1) is 22.1. The van der Waals surface area contributed by atoms with Crippen LogP contribution in [0.3, 0.4) is 0 Å². The molecule has 2 aromatic carbocycles. The molecule has 1 N–H and O–H groups in total. The number of anilines is 1. The third-order valence-corrected chi connectivity index (χ3v) is 7.07. The maximum absolute atomic E-state index is 13.4. The van der Waals surface area contributed by atoms with Gasteiger partial charge < -0.3 is 19.3 Å². The van der Waals surface area contributed by atoms with Crippen LogP contribution in [0.15, 0.2) is 66.5 Å². The van der Waals surface area contributed by atoms with E-state index in [1.807, 2.05) is 6.07 Å². The largest absolute Gasteiger partial charge is 0.507 e. The molecule has 10 heteroatoms. The third kappa shape index (κ3) is 3.54. The molecule has 2 aromatic heterocycles. The van der Waals surface area contributed by atoms with Gasteiger partial charge >= 0.3 is 5.91 Å². The van der Waals surface area contributed by atoms with E-state index in [0.717, 1.165) is 4.70 Å². The SMILES string of the molecule is COc1ccc2nc(N3C(=O)C(=O)/C(=C(/O)c4ccc5c(c4)OCCO5)[C@@H]3c3cccnc3)sc2c1. The summed E-state index contributed by atoms with van der Waals surface area (Å²) in [5.41, 5.74) is 1.50. The maximum Gasteiger partial charge on any atom is 0.301 e. The van der Waals surface area contributed by atoms with Crippen molar-refractivity contribution in [1.82, 2.24) is 9.97 Å². The summed E-state index contributed by atoms with van der Waals surface area (Å²) in [7, 11) is 1.57. The van der Waals surface area contributed by atoms with Gasteiger partial charge in [-0.25, -0.2) is 4.98 Å². The van der Waals surface area contributed by atoms with E-state index in [0.29, 0.717) is 52.2 Å². The Hall–Kier alpha value is -4.44. The second-order valence-corrected chi connectivity index (χ2v) is 9.15. The Morgan fingerprint density at radius 2 is 1.94 bits per heavy atom. The number of fused-ring (bicyclic) bond motifs is 2. The van der Waals surface area contributed by atoms with Crippen LogP contribution in [0.5, 0.6) is 17.2 Å². The Morgan fingerprint density at radius 1 is 1.11 bits per heavy atom. The fraction of sp³-hybridized carbons (Fsp3) is 0.154. The van der Waals surface area contributed by atoms with Crippen LogP contribution in [0.25, 0.3) is 16.0 Å². The van der Waals surface area contributed by atoms with E-state index in [9.17, 15) is 14.7 Å². The summed E-state index contributed by atoms with van der Waals surface area (Å²) in [6.45, 7) is 0.804. The molecule has 0 spiro atoms. The number of thiazole rings is 1. The number of ketones is 1. The molecule has 0 radical (unpaired) electrons. The number of carbonyl (C=O) groups excluding carboxylic acids is 2. The highest BCUT2D eigenvalue weighted by molar-refractivity contribution is 7.22. The van der Waals surface area contributed by atoms with E-state index in [-0.39, 0.29) is 11.3 Å². The fourth-order valence-electron chi connectivity index (χ4n) is 4.35. The Bertz CT molecular complexity index is 1550. The minimum atomic E-state index is -0.922. The van der Waals surface area contributed by atoms with E-state index >= 15 is 0 Å². The van der Waals surface area contributed by atoms with Crippen LogP contribution in [0.1, 0.15) is 17.2 Å². The van der Waals surface area contributed by atoms with Crippen molar-refractivity contribution < 1.29 is 28.9 Å². The van der Waals surface area contributed by atoms with Gasteiger partial charge in [-0.05, 0) is 48.0 Å². The average Bonchev–Trinajstić information content (AvgIpc) is 3.46. The monoisotopic (exact) mass is 501 g/mol. The molecule has 4 aromatic rings. The summed E-state index contributed by atoms with van der Waals surface area (Å²) in [6, 6.07) is 12.8. The van der Waals surface area contributed by atoms with Crippen LogP contribution in [-0.2, 0) is 9.59 Å². The zero-order valence-corrected chi connectivity index (χ0v) is 19.8. The lowest BCUT2D eigenvalue weighted by atomic mass is 9.96. The van der Waals surface area contributed by atoms with Crippen molar-refractivity contribution in [3.63, 3.8) is 0 Å². The number of amides is 1. The van der Waals surface area contributed by atoms with Gasteiger partial charge in [0.25, 0.3) is 5.78 Å². The van der Waals surface area contributed by atoms with Crippen molar-refractivity contribution in [3.8, 4) is 17.2 Å². The molecule has 0 aliphatic carbocycles. The first-order chi connectivity index (χ1) is 17.5. The topological polar surface area (TPSA) is 111 Å². The molecule has 1 fully saturated rings. The Kier molecular flexibility index (Phi) is 5.30. The molecular formula is C26H19N3O6S. The van der Waals surface area contributed by atoms with Crippen LogP contribution in [0, 0.1) is 0 Å². The molecule has 9 nitrogen and oxygen atoms in total. The molecule has 1 saturated heterocycles. The fourth-order valence-corrected chi connectivity index (χ4v) is 5.37. The third-order valence-electron chi connectivity index (χ3n) is 6.05. The zero-order valence-electron chi connectivity index (χ0n) is 19.0. The Labute approximate surface area is 209 Å². The van der Waals surface area contributed by atoms with Gasteiger partial charge in [0.05, 0.1) is 28.9 Å². The number of benzene rings is 2. The number of aliphatic hydroxyl groups excluding tert-OH is 1. The van der Waals surface area contributed by atoms with Crippen LogP contribution < -0.4 is 19.1 Å². The number of ether oxygens (including phenoxy) is 3. The average molecular weight is 502 g/mol. The Balaban J connectivity index is 1.52. The van der Waals surface area contributed by atoms with Crippen molar-refractivity contribution in [2.24, 2.45) is 0 Å². The molecule has 1 amide bonds. The summed E-state index contributed by atoms with van der Waals surface area (Å²) in [6.07, 6.45) is 3.16. The molecule has 180 valence electrons. The lowest BCUT2D eigenvalue weighted by Crippen LogP contribution is -2.29. The van der Waals surface area contributed by atoms with Crippen LogP contribution in [0.4, 0.5) is 5.13 Å². The van der Waals surface area contributed by atoms with Crippen molar-refractivity contribution >= 4 is 44.1 Å². The highest BCUT2D eigenvalue weighted by Gasteiger charge is 2.48. The first-order valence-corrected chi connectivity index (χ1v) is 11.9. The second kappa shape index (κ2) is 8.65. The lowest BCUT2D eigenvalue weighted by Gasteiger charge is -2.23. The van der Waals surface area contributed by atoms with Gasteiger partial charge in [-0.3, -0.25) is 19.5 Å². The van der Waals surface area contributed by atoms with Crippen molar-refractivity contribution in [2.45, 2.75) is 6.04 Å². The minimum Gasteiger partial charge on any atom is -0.507 e. The maximum atomic E-state index is 13.4. The number of aromatic nitrogens is 2. The summed E-state index contributed by atoms with van der Waals surface area (Å²) >= 11 is 1.26. The molecule has 0 unspecified atom stereocenters. The number of rotatable bonds is 4. The normalized spacial score (nSPS) is 18.6. The number of pyridine rings is 1. The molecule has 4 heterocycles. The number of hydrogen-bond acceptors (Lipinski definition) is 9. The van der Waals surface area contributed by atoms with Gasteiger partial charge in [-0.2, -0.15) is 0 Å². The molecule has 2 aliphatic rings. The van der Waals surface area contributed by atoms with E-state index in [4.69, 9.17) is 14.2 Å². The molecular weight excluding hydrogens is 482 g/mol. The summed E-state index contributed by atoms with van der Waals surface area (Å²) in [4.78, 5) is 36.8. The number of methoxy groups -OCH3 is 1. The summed E-state index contributed by atoms with van der Waals surface area (Å²) in [5, 5.41) is 11.7. The number of carbonyl (C=O) groups is 2. The van der Waals surface area contributed by atoms with Gasteiger partial charge in [-0.1, -0.05) is 17.4 Å². The zero-order chi connectivity index (χ0) is 24.8. The summed E-state index contributed by atoms with van der Waals surface area (Å²) < 4.78 is 17.3. The highest BCUT2D eigenvalue weighted by Crippen LogP contribution is 2.45. The van der Waals surface area contributed by atoms with Gasteiger partial charge in [0.2, 0.25) is 0 Å². The predicted molar refractivity (Wildman–Crippen MR) is 133 cm³/mol. The lowest BCUT2D eigenvalue weighted by molar-refractivity contribution is -0.132. The van der Waals surface area contributed by atoms with Crippen LogP contribution >= 0.6 is 11.3 Å². The van der Waals surface area contributed by atoms with E-state index < -0.39 is 17.7 Å². The molecule has 1 atom stereocenters. The van der Waals surface area contributed by atoms with Gasteiger partial charge in [0.15, 0.2) is 16.6 Å². The van der Waals surface area contributed by atoms with Gasteiger partial charge in [0.1, 0.15) is 24.7 Å².